The van der Waals surface area contributed by atoms with E-state index in [9.17, 15) is 9.18 Å². The van der Waals surface area contributed by atoms with Gasteiger partial charge in [-0.25, -0.2) is 4.39 Å². The lowest BCUT2D eigenvalue weighted by Gasteiger charge is -2.14. The van der Waals surface area contributed by atoms with E-state index < -0.39 is 6.10 Å². The van der Waals surface area contributed by atoms with Gasteiger partial charge < -0.3 is 10.1 Å². The molecule has 1 fully saturated rings. The predicted molar refractivity (Wildman–Crippen MR) is 71.0 cm³/mol. The number of hydrogen-bond acceptors (Lipinski definition) is 2. The first-order valence-electron chi connectivity index (χ1n) is 5.89. The largest absolute Gasteiger partial charge is 0.365 e. The van der Waals surface area contributed by atoms with Gasteiger partial charge in [-0.3, -0.25) is 4.79 Å². The van der Waals surface area contributed by atoms with Crippen molar-refractivity contribution in [1.82, 2.24) is 0 Å². The smallest absolute Gasteiger partial charge is 0.253 e. The van der Waals surface area contributed by atoms with Gasteiger partial charge in [0.15, 0.2) is 0 Å². The van der Waals surface area contributed by atoms with Crippen LogP contribution in [0.1, 0.15) is 25.3 Å². The zero-order valence-corrected chi connectivity index (χ0v) is 11.9. The van der Waals surface area contributed by atoms with E-state index in [1.54, 1.807) is 13.0 Å². The predicted octanol–water partition coefficient (Wildman–Crippen LogP) is 3.40. The summed E-state index contributed by atoms with van der Waals surface area (Å²) in [6, 6.07) is 2.96. The third kappa shape index (κ3) is 2.90. The molecule has 1 N–H and O–H groups in total. The Hall–Kier alpha value is -0.940. The highest BCUT2D eigenvalue weighted by atomic mass is 79.9. The van der Waals surface area contributed by atoms with Crippen molar-refractivity contribution in [2.45, 2.75) is 38.9 Å². The van der Waals surface area contributed by atoms with E-state index in [2.05, 4.69) is 21.2 Å². The van der Waals surface area contributed by atoms with Gasteiger partial charge in [-0.2, -0.15) is 0 Å². The number of rotatable bonds is 2. The highest BCUT2D eigenvalue weighted by Gasteiger charge is 2.28. The zero-order valence-electron chi connectivity index (χ0n) is 10.3. The van der Waals surface area contributed by atoms with E-state index in [-0.39, 0.29) is 17.8 Å². The summed E-state index contributed by atoms with van der Waals surface area (Å²) in [5, 5.41) is 2.78. The summed E-state index contributed by atoms with van der Waals surface area (Å²) in [7, 11) is 0. The molecule has 0 aromatic heterocycles. The monoisotopic (exact) mass is 315 g/mol. The fourth-order valence-corrected chi connectivity index (χ4v) is 2.33. The van der Waals surface area contributed by atoms with E-state index in [0.29, 0.717) is 15.7 Å². The number of nitrogens with one attached hydrogen (secondary N) is 1. The molecule has 1 aliphatic rings. The quantitative estimate of drug-likeness (QED) is 0.908. The number of halogens is 2. The average Bonchev–Trinajstić information content (AvgIpc) is 2.73. The number of hydrogen-bond donors (Lipinski definition) is 1. The standard InChI is InChI=1S/C13H15BrFNO2/c1-7-5-10(15)9(14)6-11(7)16-13(17)12-4-3-8(2)18-12/h5-6,8,12H,3-4H2,1-2H3,(H,16,17). The molecule has 0 radical (unpaired) electrons. The van der Waals surface area contributed by atoms with E-state index in [0.717, 1.165) is 12.8 Å². The van der Waals surface area contributed by atoms with Crippen molar-refractivity contribution in [2.24, 2.45) is 0 Å². The first-order valence-corrected chi connectivity index (χ1v) is 6.68. The minimum absolute atomic E-state index is 0.127. The molecule has 1 amide bonds. The van der Waals surface area contributed by atoms with Gasteiger partial charge in [0.2, 0.25) is 0 Å². The van der Waals surface area contributed by atoms with Crippen molar-refractivity contribution in [3.8, 4) is 0 Å². The molecule has 1 heterocycles. The lowest BCUT2D eigenvalue weighted by Crippen LogP contribution is -2.28. The number of carbonyl (C=O) groups is 1. The molecule has 18 heavy (non-hydrogen) atoms. The van der Waals surface area contributed by atoms with Gasteiger partial charge in [-0.15, -0.1) is 0 Å². The summed E-state index contributed by atoms with van der Waals surface area (Å²) in [5.74, 6) is -0.503. The Bertz CT molecular complexity index is 478. The second-order valence-corrected chi connectivity index (χ2v) is 5.44. The molecule has 2 rings (SSSR count). The van der Waals surface area contributed by atoms with Gasteiger partial charge in [0.1, 0.15) is 11.9 Å². The van der Waals surface area contributed by atoms with Crippen molar-refractivity contribution in [3.05, 3.63) is 28.0 Å². The van der Waals surface area contributed by atoms with Crippen LogP contribution in [0.25, 0.3) is 0 Å². The molecule has 5 heteroatoms. The summed E-state index contributed by atoms with van der Waals surface area (Å²) in [6.45, 7) is 3.70. The Morgan fingerprint density at radius 3 is 2.83 bits per heavy atom. The molecule has 98 valence electrons. The maximum Gasteiger partial charge on any atom is 0.253 e. The van der Waals surface area contributed by atoms with E-state index >= 15 is 0 Å². The van der Waals surface area contributed by atoms with E-state index in [1.807, 2.05) is 6.92 Å². The van der Waals surface area contributed by atoms with Gasteiger partial charge in [0.05, 0.1) is 10.6 Å². The van der Waals surface area contributed by atoms with Crippen molar-refractivity contribution in [1.29, 1.82) is 0 Å². The highest BCUT2D eigenvalue weighted by Crippen LogP contribution is 2.26. The van der Waals surface area contributed by atoms with Crippen LogP contribution in [0.3, 0.4) is 0 Å². The normalized spacial score (nSPS) is 23.1. The summed E-state index contributed by atoms with van der Waals surface area (Å²) < 4.78 is 19.1. The van der Waals surface area contributed by atoms with E-state index in [4.69, 9.17) is 4.74 Å². The molecule has 1 aromatic carbocycles. The number of ether oxygens (including phenoxy) is 1. The average molecular weight is 316 g/mol. The van der Waals surface area contributed by atoms with Crippen molar-refractivity contribution < 1.29 is 13.9 Å². The van der Waals surface area contributed by atoms with Crippen molar-refractivity contribution >= 4 is 27.5 Å². The van der Waals surface area contributed by atoms with Crippen LogP contribution in [0.2, 0.25) is 0 Å². The number of carbonyl (C=O) groups excluding carboxylic acids is 1. The lowest BCUT2D eigenvalue weighted by molar-refractivity contribution is -0.126. The highest BCUT2D eigenvalue weighted by molar-refractivity contribution is 9.10. The van der Waals surface area contributed by atoms with Crippen LogP contribution in [-0.4, -0.2) is 18.1 Å². The first kappa shape index (κ1) is 13.5. The second kappa shape index (κ2) is 5.36. The number of aryl methyl sites for hydroxylation is 1. The summed E-state index contributed by atoms with van der Waals surface area (Å²) in [4.78, 5) is 12.0. The van der Waals surface area contributed by atoms with Crippen LogP contribution in [0.5, 0.6) is 0 Å². The van der Waals surface area contributed by atoms with E-state index in [1.165, 1.54) is 6.07 Å². The van der Waals surface area contributed by atoms with Crippen molar-refractivity contribution in [3.63, 3.8) is 0 Å². The van der Waals surface area contributed by atoms with Crippen LogP contribution in [0, 0.1) is 12.7 Å². The Labute approximate surface area is 114 Å². The Balaban J connectivity index is 2.09. The maximum absolute atomic E-state index is 13.3. The van der Waals surface area contributed by atoms with Gasteiger partial charge >= 0.3 is 0 Å². The Morgan fingerprint density at radius 1 is 1.50 bits per heavy atom. The minimum atomic E-state index is -0.400. The molecule has 2 unspecified atom stereocenters. The van der Waals surface area contributed by atoms with Crippen LogP contribution < -0.4 is 5.32 Å². The van der Waals surface area contributed by atoms with Crippen LogP contribution in [0.15, 0.2) is 16.6 Å². The summed E-state index contributed by atoms with van der Waals surface area (Å²) in [5.41, 5.74) is 1.30. The van der Waals surface area contributed by atoms with Crippen molar-refractivity contribution in [2.75, 3.05) is 5.32 Å². The molecule has 0 spiro atoms. The topological polar surface area (TPSA) is 38.3 Å². The van der Waals surface area contributed by atoms with Crippen LogP contribution in [-0.2, 0) is 9.53 Å². The fourth-order valence-electron chi connectivity index (χ4n) is 1.99. The third-order valence-corrected chi connectivity index (χ3v) is 3.66. The van der Waals surface area contributed by atoms with Crippen LogP contribution in [0.4, 0.5) is 10.1 Å². The zero-order chi connectivity index (χ0) is 13.3. The molecule has 2 atom stereocenters. The van der Waals surface area contributed by atoms with Gasteiger partial charge in [-0.05, 0) is 60.3 Å². The fraction of sp³-hybridized carbons (Fsp3) is 0.462. The van der Waals surface area contributed by atoms with Gasteiger partial charge in [-0.1, -0.05) is 0 Å². The maximum atomic E-state index is 13.3. The SMILES string of the molecule is Cc1cc(F)c(Br)cc1NC(=O)C1CCC(C)O1. The second-order valence-electron chi connectivity index (χ2n) is 4.58. The molecule has 1 saturated heterocycles. The molecule has 0 aliphatic carbocycles. The molecule has 3 nitrogen and oxygen atoms in total. The number of anilines is 1. The van der Waals surface area contributed by atoms with Gasteiger partial charge in [0.25, 0.3) is 5.91 Å². The number of amides is 1. The summed E-state index contributed by atoms with van der Waals surface area (Å²) in [6.07, 6.45) is 1.35. The molecule has 1 aromatic rings. The third-order valence-electron chi connectivity index (χ3n) is 3.05. The lowest BCUT2D eigenvalue weighted by atomic mass is 10.1. The van der Waals surface area contributed by atoms with Crippen LogP contribution >= 0.6 is 15.9 Å². The molecular formula is C13H15BrFNO2. The molecule has 1 aliphatic heterocycles. The molecular weight excluding hydrogens is 301 g/mol. The molecule has 0 saturated carbocycles. The Kier molecular flexibility index (Phi) is 4.02. The minimum Gasteiger partial charge on any atom is -0.365 e. The summed E-state index contributed by atoms with van der Waals surface area (Å²) >= 11 is 3.11. The molecule has 0 bridgehead atoms. The Morgan fingerprint density at radius 2 is 2.22 bits per heavy atom. The number of benzene rings is 1. The first-order chi connectivity index (χ1) is 8.47. The van der Waals surface area contributed by atoms with Gasteiger partial charge in [0, 0.05) is 5.69 Å².